The van der Waals surface area contributed by atoms with Crippen LogP contribution in [0.2, 0.25) is 5.02 Å². The van der Waals surface area contributed by atoms with Crippen molar-refractivity contribution < 1.29 is 9.53 Å². The van der Waals surface area contributed by atoms with Crippen molar-refractivity contribution in [2.45, 2.75) is 39.7 Å². The third-order valence-electron chi connectivity index (χ3n) is 4.21. The molecule has 1 heterocycles. The van der Waals surface area contributed by atoms with E-state index in [9.17, 15) is 4.79 Å². The molecule has 3 aromatic rings. The minimum atomic E-state index is -0.196. The van der Waals surface area contributed by atoms with E-state index < -0.39 is 0 Å². The summed E-state index contributed by atoms with van der Waals surface area (Å²) in [7, 11) is 0. The number of carbonyl (C=O) groups is 1. The van der Waals surface area contributed by atoms with Gasteiger partial charge in [0.25, 0.3) is 5.91 Å². The Labute approximate surface area is 174 Å². The lowest BCUT2D eigenvalue weighted by molar-refractivity contribution is 0.103. The zero-order chi connectivity index (χ0) is 20.3. The second-order valence-corrected chi connectivity index (χ2v) is 9.07. The maximum atomic E-state index is 12.5. The average Bonchev–Trinajstić information content (AvgIpc) is 3.00. The molecule has 0 radical (unpaired) electrons. The van der Waals surface area contributed by atoms with E-state index in [0.717, 1.165) is 10.8 Å². The highest BCUT2D eigenvalue weighted by atomic mass is 35.5. The lowest BCUT2D eigenvalue weighted by atomic mass is 9.87. The van der Waals surface area contributed by atoms with E-state index in [1.807, 2.05) is 19.1 Å². The fourth-order valence-electron chi connectivity index (χ4n) is 2.68. The number of rotatable bonds is 5. The van der Waals surface area contributed by atoms with Gasteiger partial charge in [0.2, 0.25) is 0 Å². The molecule has 3 rings (SSSR count). The quantitative estimate of drug-likeness (QED) is 0.538. The second-order valence-electron chi connectivity index (χ2n) is 7.55. The first-order valence-electron chi connectivity index (χ1n) is 8.99. The first-order valence-corrected chi connectivity index (χ1v) is 10.2. The first kappa shape index (κ1) is 20.4. The van der Waals surface area contributed by atoms with Crippen molar-refractivity contribution in [3.63, 3.8) is 0 Å². The molecule has 2 aromatic carbocycles. The maximum Gasteiger partial charge on any atom is 0.267 e. The van der Waals surface area contributed by atoms with Crippen molar-refractivity contribution in [1.29, 1.82) is 0 Å². The van der Waals surface area contributed by atoms with Crippen molar-refractivity contribution in [3.05, 3.63) is 74.7 Å². The molecule has 28 heavy (non-hydrogen) atoms. The largest absolute Gasteiger partial charge is 0.486 e. The lowest BCUT2D eigenvalue weighted by Crippen LogP contribution is -2.11. The molecule has 0 bridgehead atoms. The Morgan fingerprint density at radius 1 is 1.18 bits per heavy atom. The number of thiazole rings is 1. The van der Waals surface area contributed by atoms with Crippen LogP contribution >= 0.6 is 22.9 Å². The molecule has 1 aromatic heterocycles. The van der Waals surface area contributed by atoms with E-state index >= 15 is 0 Å². The molecule has 0 saturated heterocycles. The van der Waals surface area contributed by atoms with Gasteiger partial charge in [-0.05, 0) is 48.2 Å². The zero-order valence-electron chi connectivity index (χ0n) is 16.4. The van der Waals surface area contributed by atoms with Gasteiger partial charge in [-0.2, -0.15) is 0 Å². The summed E-state index contributed by atoms with van der Waals surface area (Å²) in [4.78, 5) is 17.6. The van der Waals surface area contributed by atoms with E-state index in [1.165, 1.54) is 16.9 Å². The number of hydrogen-bond donors (Lipinski definition) is 1. The summed E-state index contributed by atoms with van der Waals surface area (Å²) in [6.45, 7) is 8.68. The van der Waals surface area contributed by atoms with Gasteiger partial charge in [0.15, 0.2) is 0 Å². The van der Waals surface area contributed by atoms with Gasteiger partial charge >= 0.3 is 0 Å². The summed E-state index contributed by atoms with van der Waals surface area (Å²) in [6.07, 6.45) is 0. The fourth-order valence-corrected chi connectivity index (χ4v) is 3.74. The van der Waals surface area contributed by atoms with Gasteiger partial charge in [-0.3, -0.25) is 4.79 Å². The lowest BCUT2D eigenvalue weighted by Gasteiger charge is -2.19. The molecule has 0 fully saturated rings. The molecule has 0 aliphatic carbocycles. The monoisotopic (exact) mass is 414 g/mol. The Bertz CT molecular complexity index is 975. The molecule has 0 atom stereocenters. The van der Waals surface area contributed by atoms with Crippen molar-refractivity contribution in [3.8, 4) is 5.75 Å². The van der Waals surface area contributed by atoms with Crippen molar-refractivity contribution in [2.75, 3.05) is 5.32 Å². The number of nitrogens with one attached hydrogen (secondary N) is 1. The van der Waals surface area contributed by atoms with Crippen LogP contribution in [-0.4, -0.2) is 10.9 Å². The molecular weight excluding hydrogens is 392 g/mol. The summed E-state index contributed by atoms with van der Waals surface area (Å²) in [5, 5.41) is 4.19. The third-order valence-corrected chi connectivity index (χ3v) is 5.58. The average molecular weight is 415 g/mol. The molecule has 4 nitrogen and oxygen atoms in total. The van der Waals surface area contributed by atoms with Crippen LogP contribution in [0, 0.1) is 6.92 Å². The van der Waals surface area contributed by atoms with Crippen LogP contribution in [0.4, 0.5) is 5.69 Å². The summed E-state index contributed by atoms with van der Waals surface area (Å²) >= 11 is 7.30. The Kier molecular flexibility index (Phi) is 6.06. The molecule has 0 saturated carbocycles. The SMILES string of the molecule is Cc1nc(COc2ccc(C(C)(C)C)cc2)sc1C(=O)Nc1cccc(Cl)c1. The number of benzene rings is 2. The predicted octanol–water partition coefficient (Wildman–Crippen LogP) is 6.23. The van der Waals surface area contributed by atoms with Crippen LogP contribution in [0.1, 0.15) is 46.7 Å². The Balaban J connectivity index is 1.64. The van der Waals surface area contributed by atoms with Crippen LogP contribution in [0.3, 0.4) is 0 Å². The molecule has 1 N–H and O–H groups in total. The van der Waals surface area contributed by atoms with Gasteiger partial charge in [0, 0.05) is 10.7 Å². The van der Waals surface area contributed by atoms with Gasteiger partial charge in [0.05, 0.1) is 5.69 Å². The zero-order valence-corrected chi connectivity index (χ0v) is 17.9. The molecule has 6 heteroatoms. The van der Waals surface area contributed by atoms with E-state index in [0.29, 0.717) is 27.9 Å². The number of carbonyl (C=O) groups excluding carboxylic acids is 1. The summed E-state index contributed by atoms with van der Waals surface area (Å²) < 4.78 is 5.84. The van der Waals surface area contributed by atoms with E-state index in [2.05, 4.69) is 43.2 Å². The van der Waals surface area contributed by atoms with Gasteiger partial charge in [-0.25, -0.2) is 4.98 Å². The van der Waals surface area contributed by atoms with Crippen LogP contribution in [0.25, 0.3) is 0 Å². The summed E-state index contributed by atoms with van der Waals surface area (Å²) in [6, 6.07) is 15.1. The van der Waals surface area contributed by atoms with E-state index in [-0.39, 0.29) is 11.3 Å². The maximum absolute atomic E-state index is 12.5. The minimum Gasteiger partial charge on any atom is -0.486 e. The van der Waals surface area contributed by atoms with E-state index in [1.54, 1.807) is 24.3 Å². The number of nitrogens with zero attached hydrogens (tertiary/aromatic N) is 1. The number of halogens is 1. The second kappa shape index (κ2) is 8.33. The number of aromatic nitrogens is 1. The van der Waals surface area contributed by atoms with Gasteiger partial charge < -0.3 is 10.1 Å². The van der Waals surface area contributed by atoms with Crippen LogP contribution in [0.15, 0.2) is 48.5 Å². The Hall–Kier alpha value is -2.37. The minimum absolute atomic E-state index is 0.107. The third kappa shape index (κ3) is 5.12. The molecule has 0 aliphatic rings. The highest BCUT2D eigenvalue weighted by Gasteiger charge is 2.16. The molecule has 146 valence electrons. The van der Waals surface area contributed by atoms with E-state index in [4.69, 9.17) is 16.3 Å². The van der Waals surface area contributed by atoms with Crippen LogP contribution in [-0.2, 0) is 12.0 Å². The van der Waals surface area contributed by atoms with Gasteiger partial charge in [0.1, 0.15) is 22.2 Å². The van der Waals surface area contributed by atoms with Crippen molar-refractivity contribution in [1.82, 2.24) is 4.98 Å². The summed E-state index contributed by atoms with van der Waals surface area (Å²) in [5.41, 5.74) is 2.70. The standard InChI is InChI=1S/C22H23ClN2O2S/c1-14-20(21(26)25-17-7-5-6-16(23)12-17)28-19(24-14)13-27-18-10-8-15(9-11-18)22(2,3)4/h5-12H,13H2,1-4H3,(H,25,26). The van der Waals surface area contributed by atoms with Crippen LogP contribution in [0.5, 0.6) is 5.75 Å². The smallest absolute Gasteiger partial charge is 0.267 e. The van der Waals surface area contributed by atoms with Gasteiger partial charge in [-0.15, -0.1) is 11.3 Å². The fraction of sp³-hybridized carbons (Fsp3) is 0.273. The topological polar surface area (TPSA) is 51.2 Å². The number of aryl methyl sites for hydroxylation is 1. The number of hydrogen-bond acceptors (Lipinski definition) is 4. The molecular formula is C22H23ClN2O2S. The van der Waals surface area contributed by atoms with Crippen molar-refractivity contribution in [2.24, 2.45) is 0 Å². The van der Waals surface area contributed by atoms with Crippen molar-refractivity contribution >= 4 is 34.5 Å². The molecule has 0 unspecified atom stereocenters. The first-order chi connectivity index (χ1) is 13.2. The molecule has 0 spiro atoms. The predicted molar refractivity (Wildman–Crippen MR) is 116 cm³/mol. The number of anilines is 1. The highest BCUT2D eigenvalue weighted by Crippen LogP contribution is 2.26. The van der Waals surface area contributed by atoms with Gasteiger partial charge in [-0.1, -0.05) is 50.6 Å². The molecule has 0 aliphatic heterocycles. The highest BCUT2D eigenvalue weighted by molar-refractivity contribution is 7.13. The normalized spacial score (nSPS) is 11.3. The molecule has 1 amide bonds. The Morgan fingerprint density at radius 2 is 1.89 bits per heavy atom. The van der Waals surface area contributed by atoms with Crippen LogP contribution < -0.4 is 10.1 Å². The number of amides is 1. The summed E-state index contributed by atoms with van der Waals surface area (Å²) in [5.74, 6) is 0.587. The number of ether oxygens (including phenoxy) is 1. The Morgan fingerprint density at radius 3 is 2.54 bits per heavy atom.